The van der Waals surface area contributed by atoms with Crippen LogP contribution >= 0.6 is 0 Å². The number of hydrogen-bond acceptors (Lipinski definition) is 10. The van der Waals surface area contributed by atoms with E-state index in [1.807, 2.05) is 12.1 Å². The molecule has 4 aliphatic heterocycles. The van der Waals surface area contributed by atoms with Crippen LogP contribution in [0, 0.1) is 11.8 Å². The SMILES string of the molecule is O=C(Oc1cccc2c(OC(=O)c3ccc(OCCCC(CC4CO4)C4CO4)cc3)cccc12)c1ccc(OCCCC(CC2CO2)C2CO2)cc1. The van der Waals surface area contributed by atoms with Crippen molar-refractivity contribution < 1.29 is 47.5 Å². The summed E-state index contributed by atoms with van der Waals surface area (Å²) in [5.41, 5.74) is 0.797. The van der Waals surface area contributed by atoms with Gasteiger partial charge in [0.1, 0.15) is 23.0 Å². The molecule has 0 aliphatic carbocycles. The fourth-order valence-corrected chi connectivity index (χ4v) is 6.84. The van der Waals surface area contributed by atoms with Crippen molar-refractivity contribution in [3.05, 3.63) is 96.1 Å². The minimum atomic E-state index is -0.497. The van der Waals surface area contributed by atoms with Gasteiger partial charge in [0.25, 0.3) is 0 Å². The zero-order chi connectivity index (χ0) is 35.3. The van der Waals surface area contributed by atoms with E-state index >= 15 is 0 Å². The van der Waals surface area contributed by atoms with Gasteiger partial charge >= 0.3 is 11.9 Å². The van der Waals surface area contributed by atoms with E-state index in [1.165, 1.54) is 0 Å². The summed E-state index contributed by atoms with van der Waals surface area (Å²) in [4.78, 5) is 26.3. The van der Waals surface area contributed by atoms with Gasteiger partial charge in [-0.05, 0) is 111 Å². The Kier molecular flexibility index (Phi) is 10.7. The van der Waals surface area contributed by atoms with Gasteiger partial charge in [-0.2, -0.15) is 0 Å². The molecule has 4 heterocycles. The van der Waals surface area contributed by atoms with Gasteiger partial charge in [0, 0.05) is 10.8 Å². The van der Waals surface area contributed by atoms with Crippen LogP contribution in [0.5, 0.6) is 23.0 Å². The van der Waals surface area contributed by atoms with Crippen LogP contribution in [0.25, 0.3) is 10.8 Å². The highest BCUT2D eigenvalue weighted by atomic mass is 16.6. The maximum atomic E-state index is 13.1. The molecule has 4 aromatic rings. The van der Waals surface area contributed by atoms with Crippen molar-refractivity contribution >= 4 is 22.7 Å². The lowest BCUT2D eigenvalue weighted by molar-refractivity contribution is 0.0725. The average molecular weight is 709 g/mol. The average Bonchev–Trinajstić information content (AvgIpc) is 3.97. The van der Waals surface area contributed by atoms with E-state index in [1.54, 1.807) is 72.8 Å². The van der Waals surface area contributed by atoms with Crippen LogP contribution < -0.4 is 18.9 Å². The predicted molar refractivity (Wildman–Crippen MR) is 191 cm³/mol. The molecule has 4 fully saturated rings. The van der Waals surface area contributed by atoms with Gasteiger partial charge in [0.05, 0.1) is 75.2 Å². The first kappa shape index (κ1) is 34.6. The summed E-state index contributed by atoms with van der Waals surface area (Å²) >= 11 is 0. The molecule has 0 aromatic heterocycles. The molecule has 4 saturated heterocycles. The fourth-order valence-electron chi connectivity index (χ4n) is 6.84. The number of ether oxygens (including phenoxy) is 8. The monoisotopic (exact) mass is 708 g/mol. The molecular formula is C42H44O10. The van der Waals surface area contributed by atoms with Gasteiger partial charge in [0.2, 0.25) is 0 Å². The summed E-state index contributed by atoms with van der Waals surface area (Å²) in [6.07, 6.45) is 7.61. The molecule has 0 saturated carbocycles. The van der Waals surface area contributed by atoms with Gasteiger partial charge in [0.15, 0.2) is 0 Å². The number of esters is 2. The number of rotatable bonds is 20. The molecule has 10 heteroatoms. The van der Waals surface area contributed by atoms with Gasteiger partial charge in [-0.3, -0.25) is 0 Å². The minimum absolute atomic E-state index is 0.366. The van der Waals surface area contributed by atoms with E-state index in [4.69, 9.17) is 37.9 Å². The molecule has 0 radical (unpaired) electrons. The molecule has 4 aliphatic rings. The lowest BCUT2D eigenvalue weighted by atomic mass is 9.95. The largest absolute Gasteiger partial charge is 0.494 e. The number of benzene rings is 4. The molecule has 0 spiro atoms. The van der Waals surface area contributed by atoms with Crippen LogP contribution in [0.4, 0.5) is 0 Å². The first-order valence-corrected chi connectivity index (χ1v) is 18.4. The third-order valence-electron chi connectivity index (χ3n) is 10.1. The van der Waals surface area contributed by atoms with Crippen LogP contribution in [0.15, 0.2) is 84.9 Å². The van der Waals surface area contributed by atoms with E-state index in [9.17, 15) is 9.59 Å². The Morgan fingerprint density at radius 1 is 0.558 bits per heavy atom. The lowest BCUT2D eigenvalue weighted by Crippen LogP contribution is -2.13. The summed E-state index contributed by atoms with van der Waals surface area (Å²) in [6.45, 7) is 4.63. The molecule has 10 nitrogen and oxygen atoms in total. The van der Waals surface area contributed by atoms with Crippen LogP contribution in [0.1, 0.15) is 59.2 Å². The van der Waals surface area contributed by atoms with E-state index in [-0.39, 0.29) is 0 Å². The minimum Gasteiger partial charge on any atom is -0.494 e. The summed E-state index contributed by atoms with van der Waals surface area (Å²) < 4.78 is 45.3. The second kappa shape index (κ2) is 16.0. The zero-order valence-electron chi connectivity index (χ0n) is 29.1. The van der Waals surface area contributed by atoms with Gasteiger partial charge in [-0.25, -0.2) is 9.59 Å². The highest BCUT2D eigenvalue weighted by Crippen LogP contribution is 2.35. The Balaban J connectivity index is 0.813. The smallest absolute Gasteiger partial charge is 0.343 e. The Morgan fingerprint density at radius 3 is 1.33 bits per heavy atom. The molecule has 6 unspecified atom stereocenters. The second-order valence-electron chi connectivity index (χ2n) is 14.1. The van der Waals surface area contributed by atoms with Crippen molar-refractivity contribution in [1.29, 1.82) is 0 Å². The molecule has 6 atom stereocenters. The van der Waals surface area contributed by atoms with Crippen molar-refractivity contribution in [2.24, 2.45) is 11.8 Å². The highest BCUT2D eigenvalue weighted by Gasteiger charge is 2.38. The van der Waals surface area contributed by atoms with Crippen LogP contribution in [-0.2, 0) is 18.9 Å². The van der Waals surface area contributed by atoms with E-state index < -0.39 is 11.9 Å². The number of epoxide rings is 4. The maximum Gasteiger partial charge on any atom is 0.343 e. The number of carbonyl (C=O) groups excluding carboxylic acids is 2. The third kappa shape index (κ3) is 9.49. The summed E-state index contributed by atoms with van der Waals surface area (Å²) in [7, 11) is 0. The van der Waals surface area contributed by atoms with Crippen molar-refractivity contribution in [1.82, 2.24) is 0 Å². The van der Waals surface area contributed by atoms with Crippen molar-refractivity contribution in [2.75, 3.05) is 39.6 Å². The van der Waals surface area contributed by atoms with Crippen molar-refractivity contribution in [3.63, 3.8) is 0 Å². The van der Waals surface area contributed by atoms with Crippen LogP contribution in [0.3, 0.4) is 0 Å². The number of hydrogen-bond donors (Lipinski definition) is 0. The normalized spacial score (nSPS) is 22.2. The zero-order valence-corrected chi connectivity index (χ0v) is 29.1. The molecule has 0 amide bonds. The van der Waals surface area contributed by atoms with Crippen LogP contribution in [0.2, 0.25) is 0 Å². The lowest BCUT2D eigenvalue weighted by Gasteiger charge is -2.14. The summed E-state index contributed by atoms with van der Waals surface area (Å²) in [5, 5.41) is 1.29. The topological polar surface area (TPSA) is 121 Å². The third-order valence-corrected chi connectivity index (χ3v) is 10.1. The van der Waals surface area contributed by atoms with Gasteiger partial charge in [-0.15, -0.1) is 0 Å². The van der Waals surface area contributed by atoms with Gasteiger partial charge < -0.3 is 37.9 Å². The van der Waals surface area contributed by atoms with Crippen molar-refractivity contribution in [2.45, 2.75) is 62.9 Å². The molecule has 0 bridgehead atoms. The molecule has 272 valence electrons. The Hall–Kier alpha value is -4.48. The fraction of sp³-hybridized carbons (Fsp3) is 0.429. The van der Waals surface area contributed by atoms with Gasteiger partial charge in [-0.1, -0.05) is 24.3 Å². The quantitative estimate of drug-likeness (QED) is 0.0403. The molecule has 0 N–H and O–H groups in total. The Labute approximate surface area is 303 Å². The second-order valence-corrected chi connectivity index (χ2v) is 14.1. The molecular weight excluding hydrogens is 664 g/mol. The number of carbonyl (C=O) groups is 2. The number of fused-ring (bicyclic) bond motifs is 1. The molecule has 8 rings (SSSR count). The van der Waals surface area contributed by atoms with Crippen LogP contribution in [-0.4, -0.2) is 76.0 Å². The predicted octanol–water partition coefficient (Wildman–Crippen LogP) is 7.20. The standard InChI is InChI=1S/C42H44O10/c43-41(27-11-15-31(16-12-27)45-19-3-5-29(39-25-49-39)21-33-23-47-33)51-37-9-1-7-35-36(37)8-2-10-38(35)52-42(44)28-13-17-32(18-14-28)46-20-4-6-30(40-26-50-40)22-34-24-48-34/h1-2,7-18,29-30,33-34,39-40H,3-6,19-26H2. The Morgan fingerprint density at radius 2 is 0.962 bits per heavy atom. The molecule has 4 aromatic carbocycles. The maximum absolute atomic E-state index is 13.1. The highest BCUT2D eigenvalue weighted by molar-refractivity contribution is 5.99. The first-order chi connectivity index (χ1) is 25.6. The van der Waals surface area contributed by atoms with Crippen molar-refractivity contribution in [3.8, 4) is 23.0 Å². The summed E-state index contributed by atoms with van der Waals surface area (Å²) in [6, 6.07) is 24.5. The summed E-state index contributed by atoms with van der Waals surface area (Å²) in [5.74, 6) is 2.18. The first-order valence-electron chi connectivity index (χ1n) is 18.4. The molecule has 52 heavy (non-hydrogen) atoms. The Bertz CT molecular complexity index is 1690. The van der Waals surface area contributed by atoms with E-state index in [2.05, 4.69) is 0 Å². The van der Waals surface area contributed by atoms with E-state index in [0.717, 1.165) is 65.0 Å². The van der Waals surface area contributed by atoms with E-state index in [0.29, 0.717) is 94.4 Å².